The second-order valence-corrected chi connectivity index (χ2v) is 7.68. The molecule has 1 heterocycles. The van der Waals surface area contributed by atoms with Gasteiger partial charge in [-0.1, -0.05) is 23.8 Å². The molecule has 0 spiro atoms. The van der Waals surface area contributed by atoms with Crippen molar-refractivity contribution in [3.63, 3.8) is 0 Å². The van der Waals surface area contributed by atoms with Gasteiger partial charge < -0.3 is 14.8 Å². The van der Waals surface area contributed by atoms with Gasteiger partial charge in [0.15, 0.2) is 0 Å². The smallest absolute Gasteiger partial charge is 0.124 e. The lowest BCUT2D eigenvalue weighted by atomic mass is 10.0. The Morgan fingerprint density at radius 3 is 2.38 bits per heavy atom. The SMILES string of the molecule is Cc1ccc(-c2nc(-c3ccc(N(C)C)cc3)sc2CC(=O)[O-])c(C)c1. The Morgan fingerprint density at radius 1 is 1.12 bits per heavy atom. The number of benzene rings is 2. The molecule has 0 radical (unpaired) electrons. The topological polar surface area (TPSA) is 56.3 Å². The standard InChI is InChI=1S/C21H22N2O2S/c1-13-5-10-17(14(2)11-13)20-18(12-19(24)25)26-21(22-20)15-6-8-16(9-7-15)23(3)4/h5-11H,12H2,1-4H3,(H,24,25)/p-1. The van der Waals surface area contributed by atoms with Crippen molar-refractivity contribution < 1.29 is 9.90 Å². The van der Waals surface area contributed by atoms with E-state index in [2.05, 4.69) is 6.07 Å². The van der Waals surface area contributed by atoms with Gasteiger partial charge in [-0.15, -0.1) is 11.3 Å². The second-order valence-electron chi connectivity index (χ2n) is 6.60. The number of anilines is 1. The Balaban J connectivity index is 2.08. The third kappa shape index (κ3) is 3.78. The third-order valence-electron chi connectivity index (χ3n) is 4.27. The van der Waals surface area contributed by atoms with E-state index in [0.29, 0.717) is 0 Å². The van der Waals surface area contributed by atoms with Crippen molar-refractivity contribution in [3.05, 3.63) is 58.5 Å². The Labute approximate surface area is 157 Å². The molecule has 0 aliphatic rings. The van der Waals surface area contributed by atoms with Crippen molar-refractivity contribution in [2.75, 3.05) is 19.0 Å². The van der Waals surface area contributed by atoms with Crippen LogP contribution in [0.15, 0.2) is 42.5 Å². The third-order valence-corrected chi connectivity index (χ3v) is 5.37. The molecule has 0 saturated heterocycles. The van der Waals surface area contributed by atoms with Gasteiger partial charge in [0, 0.05) is 48.2 Å². The van der Waals surface area contributed by atoms with E-state index in [1.165, 1.54) is 16.9 Å². The Kier molecular flexibility index (Phi) is 5.09. The van der Waals surface area contributed by atoms with Crippen LogP contribution >= 0.6 is 11.3 Å². The number of carbonyl (C=O) groups is 1. The first kappa shape index (κ1) is 18.1. The molecular formula is C21H21N2O2S-. The van der Waals surface area contributed by atoms with Crippen LogP contribution in [-0.2, 0) is 11.2 Å². The predicted octanol–water partition coefficient (Wildman–Crippen LogP) is 3.45. The van der Waals surface area contributed by atoms with E-state index >= 15 is 0 Å². The van der Waals surface area contributed by atoms with Crippen molar-refractivity contribution in [1.29, 1.82) is 0 Å². The molecule has 0 amide bonds. The molecule has 5 heteroatoms. The zero-order chi connectivity index (χ0) is 18.8. The minimum absolute atomic E-state index is 0.129. The van der Waals surface area contributed by atoms with Gasteiger partial charge in [0.1, 0.15) is 5.01 Å². The maximum Gasteiger partial charge on any atom is 0.124 e. The molecule has 0 bridgehead atoms. The molecule has 26 heavy (non-hydrogen) atoms. The number of carbonyl (C=O) groups excluding carboxylic acids is 1. The van der Waals surface area contributed by atoms with Crippen molar-refractivity contribution >= 4 is 23.0 Å². The predicted molar refractivity (Wildman–Crippen MR) is 105 cm³/mol. The zero-order valence-electron chi connectivity index (χ0n) is 15.4. The minimum Gasteiger partial charge on any atom is -0.550 e. The van der Waals surface area contributed by atoms with Gasteiger partial charge in [0.2, 0.25) is 0 Å². The average Bonchev–Trinajstić information content (AvgIpc) is 2.98. The van der Waals surface area contributed by atoms with Crippen LogP contribution in [0.3, 0.4) is 0 Å². The first-order valence-corrected chi connectivity index (χ1v) is 9.21. The molecule has 3 aromatic rings. The van der Waals surface area contributed by atoms with E-state index in [4.69, 9.17) is 4.98 Å². The van der Waals surface area contributed by atoms with Crippen molar-refractivity contribution in [2.45, 2.75) is 20.3 Å². The number of aliphatic carboxylic acids is 1. The van der Waals surface area contributed by atoms with Crippen LogP contribution in [0, 0.1) is 13.8 Å². The number of aryl methyl sites for hydroxylation is 2. The van der Waals surface area contributed by atoms with Gasteiger partial charge >= 0.3 is 0 Å². The molecule has 0 atom stereocenters. The number of thiazole rings is 1. The van der Waals surface area contributed by atoms with E-state index in [9.17, 15) is 9.90 Å². The number of carboxylic acid groups (broad SMARTS) is 1. The molecule has 1 aromatic heterocycles. The van der Waals surface area contributed by atoms with Crippen molar-refractivity contribution in [1.82, 2.24) is 4.98 Å². The summed E-state index contributed by atoms with van der Waals surface area (Å²) in [4.78, 5) is 18.8. The molecule has 0 N–H and O–H groups in total. The highest BCUT2D eigenvalue weighted by molar-refractivity contribution is 7.15. The fourth-order valence-electron chi connectivity index (χ4n) is 2.92. The highest BCUT2D eigenvalue weighted by atomic mass is 32.1. The van der Waals surface area contributed by atoms with Crippen LogP contribution in [0.4, 0.5) is 5.69 Å². The summed E-state index contributed by atoms with van der Waals surface area (Å²) in [6.07, 6.45) is -0.129. The molecule has 134 valence electrons. The summed E-state index contributed by atoms with van der Waals surface area (Å²) in [7, 11) is 3.99. The van der Waals surface area contributed by atoms with Gasteiger partial charge in [-0.05, 0) is 43.7 Å². The highest BCUT2D eigenvalue weighted by Gasteiger charge is 2.16. The maximum absolute atomic E-state index is 11.2. The fourth-order valence-corrected chi connectivity index (χ4v) is 3.98. The normalized spacial score (nSPS) is 10.8. The van der Waals surface area contributed by atoms with E-state index in [0.717, 1.165) is 38.0 Å². The number of hydrogen-bond acceptors (Lipinski definition) is 5. The monoisotopic (exact) mass is 365 g/mol. The van der Waals surface area contributed by atoms with Gasteiger partial charge in [-0.2, -0.15) is 0 Å². The van der Waals surface area contributed by atoms with Gasteiger partial charge in [-0.25, -0.2) is 4.98 Å². The van der Waals surface area contributed by atoms with Crippen LogP contribution in [0.5, 0.6) is 0 Å². The zero-order valence-corrected chi connectivity index (χ0v) is 16.2. The molecule has 3 rings (SSSR count). The molecule has 2 aromatic carbocycles. The first-order chi connectivity index (χ1) is 12.3. The Bertz CT molecular complexity index is 943. The summed E-state index contributed by atoms with van der Waals surface area (Å²) in [5.41, 5.74) is 6.06. The summed E-state index contributed by atoms with van der Waals surface area (Å²) in [5, 5.41) is 12.0. The maximum atomic E-state index is 11.2. The summed E-state index contributed by atoms with van der Waals surface area (Å²) in [6.45, 7) is 4.06. The lowest BCUT2D eigenvalue weighted by Gasteiger charge is -2.12. The molecule has 0 aliphatic heterocycles. The minimum atomic E-state index is -1.09. The lowest BCUT2D eigenvalue weighted by Crippen LogP contribution is -2.24. The summed E-state index contributed by atoms with van der Waals surface area (Å²) < 4.78 is 0. The Morgan fingerprint density at radius 2 is 1.81 bits per heavy atom. The van der Waals surface area contributed by atoms with E-state index in [-0.39, 0.29) is 6.42 Å². The lowest BCUT2D eigenvalue weighted by molar-refractivity contribution is -0.304. The molecule has 4 nitrogen and oxygen atoms in total. The Hall–Kier alpha value is -2.66. The first-order valence-electron chi connectivity index (χ1n) is 8.40. The van der Waals surface area contributed by atoms with Crippen molar-refractivity contribution in [2.24, 2.45) is 0 Å². The van der Waals surface area contributed by atoms with E-state index < -0.39 is 5.97 Å². The number of rotatable bonds is 5. The average molecular weight is 365 g/mol. The largest absolute Gasteiger partial charge is 0.550 e. The second kappa shape index (κ2) is 7.30. The van der Waals surface area contributed by atoms with Crippen LogP contribution in [0.2, 0.25) is 0 Å². The summed E-state index contributed by atoms with van der Waals surface area (Å²) in [6, 6.07) is 14.2. The molecule has 0 saturated carbocycles. The number of nitrogens with zero attached hydrogens (tertiary/aromatic N) is 2. The van der Waals surface area contributed by atoms with E-state index in [1.807, 2.05) is 69.2 Å². The van der Waals surface area contributed by atoms with E-state index in [1.54, 1.807) is 0 Å². The van der Waals surface area contributed by atoms with Gasteiger partial charge in [-0.3, -0.25) is 0 Å². The molecule has 0 unspecified atom stereocenters. The number of hydrogen-bond donors (Lipinski definition) is 0. The van der Waals surface area contributed by atoms with Crippen LogP contribution in [-0.4, -0.2) is 25.0 Å². The highest BCUT2D eigenvalue weighted by Crippen LogP contribution is 2.36. The summed E-state index contributed by atoms with van der Waals surface area (Å²) >= 11 is 1.42. The van der Waals surface area contributed by atoms with Crippen molar-refractivity contribution in [3.8, 4) is 21.8 Å². The van der Waals surface area contributed by atoms with Gasteiger partial charge in [0.25, 0.3) is 0 Å². The van der Waals surface area contributed by atoms with Gasteiger partial charge in [0.05, 0.1) is 5.69 Å². The van der Waals surface area contributed by atoms with Crippen LogP contribution in [0.25, 0.3) is 21.8 Å². The van der Waals surface area contributed by atoms with Crippen LogP contribution < -0.4 is 10.0 Å². The number of aromatic nitrogens is 1. The van der Waals surface area contributed by atoms with Crippen LogP contribution in [0.1, 0.15) is 16.0 Å². The molecular weight excluding hydrogens is 344 g/mol. The molecule has 0 fully saturated rings. The fraction of sp³-hybridized carbons (Fsp3) is 0.238. The summed E-state index contributed by atoms with van der Waals surface area (Å²) in [5.74, 6) is -1.09. The molecule has 0 aliphatic carbocycles. The quantitative estimate of drug-likeness (QED) is 0.695. The number of carboxylic acids is 1.